The monoisotopic (exact) mass is 790 g/mol. The van der Waals surface area contributed by atoms with Crippen LogP contribution in [0.15, 0.2) is 231 Å². The van der Waals surface area contributed by atoms with E-state index in [4.69, 9.17) is 19.9 Å². The summed E-state index contributed by atoms with van der Waals surface area (Å²) in [5.41, 5.74) is 15.0. The van der Waals surface area contributed by atoms with Gasteiger partial charge in [-0.15, -0.1) is 0 Å². The van der Waals surface area contributed by atoms with Crippen LogP contribution in [0, 0.1) is 0 Å². The quantitative estimate of drug-likeness (QED) is 0.144. The Kier molecular flexibility index (Phi) is 9.49. The van der Waals surface area contributed by atoms with Crippen molar-refractivity contribution in [3.8, 4) is 89.9 Å². The van der Waals surface area contributed by atoms with Crippen LogP contribution in [0.1, 0.15) is 0 Å². The molecule has 4 nitrogen and oxygen atoms in total. The highest BCUT2D eigenvalue weighted by Gasteiger charge is 2.16. The second-order valence-corrected chi connectivity index (χ2v) is 15.4. The van der Waals surface area contributed by atoms with E-state index in [-0.39, 0.29) is 0 Å². The molecule has 0 N–H and O–H groups in total. The van der Waals surface area contributed by atoms with Gasteiger partial charge in [-0.25, -0.2) is 19.9 Å². The van der Waals surface area contributed by atoms with Gasteiger partial charge in [0, 0.05) is 38.4 Å². The largest absolute Gasteiger partial charge is 0.247 e. The Morgan fingerprint density at radius 3 is 1.13 bits per heavy atom. The molecule has 11 rings (SSSR count). The van der Waals surface area contributed by atoms with E-state index in [1.54, 1.807) is 0 Å². The number of hydrogen-bond acceptors (Lipinski definition) is 4. The molecule has 0 aliphatic heterocycles. The fraction of sp³-hybridized carbons (Fsp3) is 0. The number of aromatic nitrogens is 4. The van der Waals surface area contributed by atoms with Crippen LogP contribution < -0.4 is 0 Å². The number of hydrogen-bond donors (Lipinski definition) is 0. The summed E-state index contributed by atoms with van der Waals surface area (Å²) in [6, 6.07) is 80.6. The maximum Gasteiger partial charge on any atom is 0.164 e. The predicted molar refractivity (Wildman–Crippen MR) is 256 cm³/mol. The summed E-state index contributed by atoms with van der Waals surface area (Å²) in [6.07, 6.45) is 0. The van der Waals surface area contributed by atoms with Crippen molar-refractivity contribution in [2.75, 3.05) is 0 Å². The molecule has 11 aromatic rings. The van der Waals surface area contributed by atoms with Crippen LogP contribution in [-0.2, 0) is 0 Å². The molecule has 0 aliphatic rings. The minimum absolute atomic E-state index is 0.620. The Morgan fingerprint density at radius 2 is 0.597 bits per heavy atom. The van der Waals surface area contributed by atoms with Crippen molar-refractivity contribution in [1.82, 2.24) is 19.9 Å². The number of nitrogens with zero attached hydrogens (tertiary/aromatic N) is 4. The summed E-state index contributed by atoms with van der Waals surface area (Å²) in [7, 11) is 0. The van der Waals surface area contributed by atoms with Crippen LogP contribution in [-0.4, -0.2) is 19.9 Å². The number of rotatable bonds is 8. The van der Waals surface area contributed by atoms with Crippen LogP contribution >= 0.6 is 0 Å². The summed E-state index contributed by atoms with van der Waals surface area (Å²) < 4.78 is 0. The lowest BCUT2D eigenvalue weighted by Gasteiger charge is -2.15. The van der Waals surface area contributed by atoms with E-state index in [1.807, 2.05) is 18.2 Å². The molecular formula is C58H38N4. The van der Waals surface area contributed by atoms with Gasteiger partial charge in [-0.1, -0.05) is 218 Å². The van der Waals surface area contributed by atoms with Gasteiger partial charge < -0.3 is 0 Å². The highest BCUT2D eigenvalue weighted by Crippen LogP contribution is 2.40. The van der Waals surface area contributed by atoms with Gasteiger partial charge in [0.05, 0.1) is 11.2 Å². The van der Waals surface area contributed by atoms with Crippen molar-refractivity contribution in [1.29, 1.82) is 0 Å². The van der Waals surface area contributed by atoms with Gasteiger partial charge in [0.2, 0.25) is 0 Å². The van der Waals surface area contributed by atoms with Crippen molar-refractivity contribution in [2.45, 2.75) is 0 Å². The summed E-state index contributed by atoms with van der Waals surface area (Å²) in [4.78, 5) is 20.4. The fourth-order valence-corrected chi connectivity index (χ4v) is 8.39. The zero-order valence-electron chi connectivity index (χ0n) is 33.7. The Hall–Kier alpha value is -8.34. The minimum atomic E-state index is 0.620. The van der Waals surface area contributed by atoms with Gasteiger partial charge in [0.1, 0.15) is 0 Å². The second-order valence-electron chi connectivity index (χ2n) is 15.4. The highest BCUT2D eigenvalue weighted by molar-refractivity contribution is 6.17. The molecule has 62 heavy (non-hydrogen) atoms. The van der Waals surface area contributed by atoms with Crippen LogP contribution in [0.3, 0.4) is 0 Å². The molecule has 9 aromatic carbocycles. The molecule has 2 heterocycles. The summed E-state index contributed by atoms with van der Waals surface area (Å²) in [5, 5.41) is 3.48. The summed E-state index contributed by atoms with van der Waals surface area (Å²) in [6.45, 7) is 0. The lowest BCUT2D eigenvalue weighted by Crippen LogP contribution is -2.00. The minimum Gasteiger partial charge on any atom is -0.247 e. The molecule has 0 bridgehead atoms. The van der Waals surface area contributed by atoms with Gasteiger partial charge in [-0.05, 0) is 56.6 Å². The number of pyridine rings is 1. The van der Waals surface area contributed by atoms with Gasteiger partial charge in [-0.3, -0.25) is 0 Å². The lowest BCUT2D eigenvalue weighted by atomic mass is 9.91. The average molecular weight is 791 g/mol. The van der Waals surface area contributed by atoms with Gasteiger partial charge in [0.25, 0.3) is 0 Å². The lowest BCUT2D eigenvalue weighted by molar-refractivity contribution is 1.07. The molecule has 0 amide bonds. The molecule has 0 fully saturated rings. The smallest absolute Gasteiger partial charge is 0.164 e. The van der Waals surface area contributed by atoms with Crippen LogP contribution in [0.2, 0.25) is 0 Å². The molecule has 290 valence electrons. The second kappa shape index (κ2) is 16.0. The maximum absolute atomic E-state index is 5.17. The molecule has 0 radical (unpaired) electrons. The van der Waals surface area contributed by atoms with E-state index >= 15 is 0 Å². The number of benzene rings is 9. The van der Waals surface area contributed by atoms with Crippen molar-refractivity contribution < 1.29 is 0 Å². The maximum atomic E-state index is 5.17. The van der Waals surface area contributed by atoms with Crippen molar-refractivity contribution in [3.63, 3.8) is 0 Å². The van der Waals surface area contributed by atoms with Gasteiger partial charge in [0.15, 0.2) is 17.5 Å². The topological polar surface area (TPSA) is 51.6 Å². The van der Waals surface area contributed by atoms with Crippen molar-refractivity contribution in [2.24, 2.45) is 0 Å². The normalized spacial score (nSPS) is 11.2. The van der Waals surface area contributed by atoms with E-state index in [2.05, 4.69) is 212 Å². The molecule has 0 atom stereocenters. The first-order valence-electron chi connectivity index (χ1n) is 20.9. The number of fused-ring (bicyclic) bond motifs is 3. The Bertz CT molecular complexity index is 3250. The summed E-state index contributed by atoms with van der Waals surface area (Å²) >= 11 is 0. The van der Waals surface area contributed by atoms with Crippen LogP contribution in [0.5, 0.6) is 0 Å². The zero-order valence-corrected chi connectivity index (χ0v) is 33.7. The third-order valence-corrected chi connectivity index (χ3v) is 11.6. The van der Waals surface area contributed by atoms with E-state index in [1.165, 1.54) is 22.1 Å². The average Bonchev–Trinajstić information content (AvgIpc) is 3.37. The SMILES string of the molecule is c1ccc(-c2ccc(-c3nc(-c4ccc(-c5ccccc5)cc4)nc(-c4ccc(-c5cccc(-c6cccc7c(-c8ccccc8)nc8ccccc8c67)c5)cc4)n3)cc2)cc1. The Balaban J connectivity index is 0.966. The van der Waals surface area contributed by atoms with Crippen LogP contribution in [0.25, 0.3) is 112 Å². The molecular weight excluding hydrogens is 753 g/mol. The first kappa shape index (κ1) is 36.7. The van der Waals surface area contributed by atoms with Crippen molar-refractivity contribution in [3.05, 3.63) is 231 Å². The molecule has 0 saturated carbocycles. The summed E-state index contributed by atoms with van der Waals surface area (Å²) in [5.74, 6) is 1.87. The first-order valence-corrected chi connectivity index (χ1v) is 20.9. The van der Waals surface area contributed by atoms with E-state index < -0.39 is 0 Å². The molecule has 0 unspecified atom stereocenters. The molecule has 2 aromatic heterocycles. The Morgan fingerprint density at radius 1 is 0.226 bits per heavy atom. The molecule has 0 saturated heterocycles. The van der Waals surface area contributed by atoms with E-state index in [0.717, 1.165) is 72.1 Å². The van der Waals surface area contributed by atoms with Gasteiger partial charge in [-0.2, -0.15) is 0 Å². The fourth-order valence-electron chi connectivity index (χ4n) is 8.39. The van der Waals surface area contributed by atoms with E-state index in [9.17, 15) is 0 Å². The predicted octanol–water partition coefficient (Wildman–Crippen LogP) is 14.9. The van der Waals surface area contributed by atoms with Crippen LogP contribution in [0.4, 0.5) is 0 Å². The molecule has 0 aliphatic carbocycles. The third-order valence-electron chi connectivity index (χ3n) is 11.6. The molecule has 4 heteroatoms. The molecule has 0 spiro atoms. The first-order chi connectivity index (χ1) is 30.7. The third kappa shape index (κ3) is 7.10. The van der Waals surface area contributed by atoms with Crippen molar-refractivity contribution >= 4 is 21.7 Å². The zero-order chi connectivity index (χ0) is 41.2. The Labute approximate surface area is 360 Å². The standard InChI is InChI=1S/C58H38N4/c1-4-14-39(15-5-1)41-26-32-45(33-27-41)56-60-57(46-34-28-42(29-35-46)40-16-6-2-7-17-40)62-58(61-56)47-36-30-43(31-37-47)48-20-12-21-49(38-48)50-23-13-24-52-54(50)51-22-10-11-25-53(51)59-55(52)44-18-8-3-9-19-44/h1-38H. The van der Waals surface area contributed by atoms with Gasteiger partial charge >= 0.3 is 0 Å². The number of para-hydroxylation sites is 1. The van der Waals surface area contributed by atoms with E-state index in [0.29, 0.717) is 17.5 Å². The highest BCUT2D eigenvalue weighted by atomic mass is 15.0.